The Bertz CT molecular complexity index is 1030. The summed E-state index contributed by atoms with van der Waals surface area (Å²) >= 11 is 0. The topological polar surface area (TPSA) is 47.5 Å². The van der Waals surface area contributed by atoms with Crippen LogP contribution in [0.25, 0.3) is 17.0 Å². The predicted molar refractivity (Wildman–Crippen MR) is 138 cm³/mol. The van der Waals surface area contributed by atoms with Crippen LogP contribution in [0.1, 0.15) is 17.8 Å². The molecule has 1 aliphatic heterocycles. The van der Waals surface area contributed by atoms with Crippen LogP contribution < -0.4 is 5.32 Å². The van der Waals surface area contributed by atoms with Gasteiger partial charge >= 0.3 is 0 Å². The van der Waals surface area contributed by atoms with Crippen molar-refractivity contribution < 1.29 is 0 Å². The standard InChI is InChI=1S/C27H36N6/c1-31(2)16-9-15-28-27-24-13-6-7-14-25(24)29-26(30-27)22-33-20-18-32(19-21-33)17-8-12-23-10-4-3-5-11-23/h3-8,10-14H,9,15-22H2,1-2H3,(H,28,29,30)/b12-8+. The van der Waals surface area contributed by atoms with Crippen LogP contribution in [-0.4, -0.2) is 84.6 Å². The third kappa shape index (κ3) is 7.09. The van der Waals surface area contributed by atoms with Crippen molar-refractivity contribution in [3.63, 3.8) is 0 Å². The maximum atomic E-state index is 4.91. The molecule has 0 atom stereocenters. The quantitative estimate of drug-likeness (QED) is 0.480. The number of benzene rings is 2. The van der Waals surface area contributed by atoms with Crippen molar-refractivity contribution in [3.8, 4) is 0 Å². The number of anilines is 1. The van der Waals surface area contributed by atoms with E-state index in [0.717, 1.165) is 81.3 Å². The van der Waals surface area contributed by atoms with Crippen molar-refractivity contribution in [2.45, 2.75) is 13.0 Å². The number of fused-ring (bicyclic) bond motifs is 1. The highest BCUT2D eigenvalue weighted by Crippen LogP contribution is 2.21. The zero-order valence-electron chi connectivity index (χ0n) is 20.0. The summed E-state index contributed by atoms with van der Waals surface area (Å²) in [6, 6.07) is 18.8. The molecule has 0 spiro atoms. The minimum absolute atomic E-state index is 0.797. The average molecular weight is 445 g/mol. The van der Waals surface area contributed by atoms with Gasteiger partial charge in [0.05, 0.1) is 12.1 Å². The second-order valence-electron chi connectivity index (χ2n) is 8.98. The Hall–Kier alpha value is -2.80. The number of hydrogen-bond donors (Lipinski definition) is 1. The highest BCUT2D eigenvalue weighted by atomic mass is 15.3. The van der Waals surface area contributed by atoms with Gasteiger partial charge in [0.25, 0.3) is 0 Å². The van der Waals surface area contributed by atoms with E-state index in [0.29, 0.717) is 0 Å². The maximum absolute atomic E-state index is 4.91. The third-order valence-electron chi connectivity index (χ3n) is 6.03. The van der Waals surface area contributed by atoms with Crippen LogP contribution >= 0.6 is 0 Å². The number of rotatable bonds is 10. The van der Waals surface area contributed by atoms with Gasteiger partial charge in [0.2, 0.25) is 0 Å². The van der Waals surface area contributed by atoms with E-state index in [1.807, 2.05) is 0 Å². The van der Waals surface area contributed by atoms with Gasteiger partial charge in [-0.2, -0.15) is 0 Å². The van der Waals surface area contributed by atoms with E-state index >= 15 is 0 Å². The largest absolute Gasteiger partial charge is 0.369 e. The monoisotopic (exact) mass is 444 g/mol. The summed E-state index contributed by atoms with van der Waals surface area (Å²) in [6.45, 7) is 8.00. The summed E-state index contributed by atoms with van der Waals surface area (Å²) in [6.07, 6.45) is 5.56. The molecule has 3 aromatic rings. The fourth-order valence-electron chi connectivity index (χ4n) is 4.16. The lowest BCUT2D eigenvalue weighted by atomic mass is 10.2. The third-order valence-corrected chi connectivity index (χ3v) is 6.03. The first-order valence-corrected chi connectivity index (χ1v) is 12.0. The van der Waals surface area contributed by atoms with Gasteiger partial charge in [0, 0.05) is 44.7 Å². The molecule has 174 valence electrons. The molecule has 4 rings (SSSR count). The molecular formula is C27H36N6. The molecule has 33 heavy (non-hydrogen) atoms. The lowest BCUT2D eigenvalue weighted by Crippen LogP contribution is -2.46. The first-order valence-electron chi connectivity index (χ1n) is 12.0. The summed E-state index contributed by atoms with van der Waals surface area (Å²) in [5.41, 5.74) is 2.28. The van der Waals surface area contributed by atoms with Crippen LogP contribution in [0.2, 0.25) is 0 Å². The van der Waals surface area contributed by atoms with Crippen LogP contribution in [-0.2, 0) is 6.54 Å². The van der Waals surface area contributed by atoms with Crippen LogP contribution in [0.5, 0.6) is 0 Å². The fraction of sp³-hybridized carbons (Fsp3) is 0.407. The Morgan fingerprint density at radius 2 is 1.64 bits per heavy atom. The van der Waals surface area contributed by atoms with Crippen molar-refractivity contribution in [2.24, 2.45) is 0 Å². The van der Waals surface area contributed by atoms with Crippen molar-refractivity contribution in [3.05, 3.63) is 72.1 Å². The summed E-state index contributed by atoms with van der Waals surface area (Å²) in [5, 5.41) is 4.65. The smallest absolute Gasteiger partial charge is 0.145 e. The number of aromatic nitrogens is 2. The van der Waals surface area contributed by atoms with Gasteiger partial charge in [-0.25, -0.2) is 9.97 Å². The van der Waals surface area contributed by atoms with Gasteiger partial charge in [-0.05, 0) is 44.8 Å². The van der Waals surface area contributed by atoms with Crippen molar-refractivity contribution in [1.29, 1.82) is 0 Å². The molecule has 1 saturated heterocycles. The Morgan fingerprint density at radius 3 is 2.42 bits per heavy atom. The summed E-state index contributed by atoms with van der Waals surface area (Å²) < 4.78 is 0. The van der Waals surface area contributed by atoms with Crippen LogP contribution in [0.15, 0.2) is 60.7 Å². The number of nitrogens with zero attached hydrogens (tertiary/aromatic N) is 5. The molecule has 6 heteroatoms. The Morgan fingerprint density at radius 1 is 0.909 bits per heavy atom. The molecule has 2 aromatic carbocycles. The van der Waals surface area contributed by atoms with Gasteiger partial charge in [0.1, 0.15) is 11.6 Å². The van der Waals surface area contributed by atoms with E-state index in [4.69, 9.17) is 9.97 Å². The Labute approximate surface area is 197 Å². The molecule has 1 aliphatic rings. The van der Waals surface area contributed by atoms with E-state index in [-0.39, 0.29) is 0 Å². The number of nitrogens with one attached hydrogen (secondary N) is 1. The van der Waals surface area contributed by atoms with E-state index in [9.17, 15) is 0 Å². The summed E-state index contributed by atoms with van der Waals surface area (Å²) in [4.78, 5) is 17.0. The predicted octanol–water partition coefficient (Wildman–Crippen LogP) is 3.82. The van der Waals surface area contributed by atoms with Gasteiger partial charge in [-0.3, -0.25) is 9.80 Å². The van der Waals surface area contributed by atoms with Gasteiger partial charge in [-0.1, -0.05) is 54.6 Å². The number of para-hydroxylation sites is 1. The van der Waals surface area contributed by atoms with Gasteiger partial charge < -0.3 is 10.2 Å². The minimum Gasteiger partial charge on any atom is -0.369 e. The molecular weight excluding hydrogens is 408 g/mol. The zero-order valence-corrected chi connectivity index (χ0v) is 20.0. The molecule has 6 nitrogen and oxygen atoms in total. The van der Waals surface area contributed by atoms with E-state index < -0.39 is 0 Å². The molecule has 0 unspecified atom stereocenters. The second-order valence-corrected chi connectivity index (χ2v) is 8.98. The Kier molecular flexibility index (Phi) is 8.41. The normalized spacial score (nSPS) is 15.6. The summed E-state index contributed by atoms with van der Waals surface area (Å²) in [7, 11) is 4.22. The van der Waals surface area contributed by atoms with Crippen molar-refractivity contribution >= 4 is 22.8 Å². The minimum atomic E-state index is 0.797. The van der Waals surface area contributed by atoms with E-state index in [1.165, 1.54) is 5.56 Å². The molecule has 0 aliphatic carbocycles. The number of piperazine rings is 1. The van der Waals surface area contributed by atoms with E-state index in [2.05, 4.69) is 101 Å². The summed E-state index contributed by atoms with van der Waals surface area (Å²) in [5.74, 6) is 1.86. The maximum Gasteiger partial charge on any atom is 0.145 e. The van der Waals surface area contributed by atoms with Crippen LogP contribution in [0.3, 0.4) is 0 Å². The van der Waals surface area contributed by atoms with E-state index in [1.54, 1.807) is 0 Å². The molecule has 0 amide bonds. The van der Waals surface area contributed by atoms with Gasteiger partial charge in [0.15, 0.2) is 0 Å². The molecule has 0 saturated carbocycles. The second kappa shape index (κ2) is 11.9. The molecule has 0 radical (unpaired) electrons. The molecule has 0 bridgehead atoms. The highest BCUT2D eigenvalue weighted by Gasteiger charge is 2.18. The first-order chi connectivity index (χ1) is 16.2. The van der Waals surface area contributed by atoms with Gasteiger partial charge in [-0.15, -0.1) is 0 Å². The molecule has 1 aromatic heterocycles. The average Bonchev–Trinajstić information content (AvgIpc) is 2.83. The Balaban J connectivity index is 1.32. The molecule has 2 heterocycles. The molecule has 1 fully saturated rings. The van der Waals surface area contributed by atoms with Crippen molar-refractivity contribution in [2.75, 3.05) is 65.2 Å². The first kappa shape index (κ1) is 23.4. The molecule has 1 N–H and O–H groups in total. The zero-order chi connectivity index (χ0) is 22.9. The SMILES string of the molecule is CN(C)CCCNc1nc(CN2CCN(C/C=C/c3ccccc3)CC2)nc2ccccc12. The lowest BCUT2D eigenvalue weighted by Gasteiger charge is -2.33. The number of hydrogen-bond acceptors (Lipinski definition) is 6. The fourth-order valence-corrected chi connectivity index (χ4v) is 4.16. The van der Waals surface area contributed by atoms with Crippen molar-refractivity contribution in [1.82, 2.24) is 24.7 Å². The lowest BCUT2D eigenvalue weighted by molar-refractivity contribution is 0.135. The highest BCUT2D eigenvalue weighted by molar-refractivity contribution is 5.88. The van der Waals surface area contributed by atoms with Crippen LogP contribution in [0, 0.1) is 0 Å². The van der Waals surface area contributed by atoms with Crippen LogP contribution in [0.4, 0.5) is 5.82 Å².